The first-order valence-electron chi connectivity index (χ1n) is 6.22. The van der Waals surface area contributed by atoms with Gasteiger partial charge in [-0.15, -0.1) is 0 Å². The predicted molar refractivity (Wildman–Crippen MR) is 85.9 cm³/mol. The van der Waals surface area contributed by atoms with E-state index in [4.69, 9.17) is 4.74 Å². The van der Waals surface area contributed by atoms with E-state index in [-0.39, 0.29) is 18.2 Å². The Balaban J connectivity index is 2.14. The molecule has 22 heavy (non-hydrogen) atoms. The molecule has 0 bridgehead atoms. The molecule has 8 heteroatoms. The summed E-state index contributed by atoms with van der Waals surface area (Å²) in [6.07, 6.45) is 1.58. The van der Waals surface area contributed by atoms with Crippen LogP contribution in [0.5, 0.6) is 5.75 Å². The maximum atomic E-state index is 11.8. The minimum Gasteiger partial charge on any atom is -0.481 e. The molecule has 3 amide bonds. The number of hydrogen-bond donors (Lipinski definition) is 1. The number of rotatable bonds is 4. The van der Waals surface area contributed by atoms with E-state index in [9.17, 15) is 14.4 Å². The number of likely N-dealkylation sites (N-methyl/N-ethyl adjacent to an activating group) is 1. The lowest BCUT2D eigenvalue weighted by molar-refractivity contribution is -0.142. The largest absolute Gasteiger partial charge is 0.481 e. The molecule has 1 aromatic carbocycles. The molecule has 0 atom stereocenters. The number of nitrogens with zero attached hydrogens (tertiary/aromatic N) is 1. The van der Waals surface area contributed by atoms with Crippen molar-refractivity contribution >= 4 is 46.6 Å². The van der Waals surface area contributed by atoms with Gasteiger partial charge in [-0.25, -0.2) is 9.59 Å². The zero-order chi connectivity index (χ0) is 16.3. The standard InChI is InChI=1S/C14H13IN2O5/c1-17-13(19)10(16-14(17)20)6-8-3-4-11(9(15)5-8)22-7-12(18)21-2/h3-6H,7H2,1-2H3,(H,16,20)/b10-6+. The van der Waals surface area contributed by atoms with E-state index in [0.717, 1.165) is 14.0 Å². The Labute approximate surface area is 140 Å². The van der Waals surface area contributed by atoms with E-state index in [1.807, 2.05) is 0 Å². The lowest BCUT2D eigenvalue weighted by Crippen LogP contribution is -2.25. The molecular weight excluding hydrogens is 403 g/mol. The highest BCUT2D eigenvalue weighted by atomic mass is 127. The van der Waals surface area contributed by atoms with Gasteiger partial charge >= 0.3 is 12.0 Å². The Hall–Kier alpha value is -2.10. The Morgan fingerprint density at radius 3 is 2.68 bits per heavy atom. The van der Waals surface area contributed by atoms with Gasteiger partial charge in [0.15, 0.2) is 6.61 Å². The molecule has 116 valence electrons. The summed E-state index contributed by atoms with van der Waals surface area (Å²) >= 11 is 2.06. The van der Waals surface area contributed by atoms with Crippen LogP contribution in [0, 0.1) is 3.57 Å². The first kappa shape index (κ1) is 16.3. The predicted octanol–water partition coefficient (Wildman–Crippen LogP) is 1.37. The van der Waals surface area contributed by atoms with Crippen molar-refractivity contribution in [3.8, 4) is 5.75 Å². The first-order valence-corrected chi connectivity index (χ1v) is 7.30. The second-order valence-electron chi connectivity index (χ2n) is 4.41. The van der Waals surface area contributed by atoms with Crippen LogP contribution in [-0.4, -0.2) is 43.6 Å². The fourth-order valence-electron chi connectivity index (χ4n) is 1.71. The van der Waals surface area contributed by atoms with E-state index >= 15 is 0 Å². The second kappa shape index (κ2) is 6.77. The van der Waals surface area contributed by atoms with Crippen LogP contribution in [0.4, 0.5) is 4.79 Å². The van der Waals surface area contributed by atoms with Crippen molar-refractivity contribution in [2.24, 2.45) is 0 Å². The molecule has 0 spiro atoms. The number of carbonyl (C=O) groups is 3. The minimum atomic E-state index is -0.468. The quantitative estimate of drug-likeness (QED) is 0.347. The number of hydrogen-bond acceptors (Lipinski definition) is 5. The maximum Gasteiger partial charge on any atom is 0.343 e. The summed E-state index contributed by atoms with van der Waals surface area (Å²) in [7, 11) is 2.70. The Bertz CT molecular complexity index is 671. The number of methoxy groups -OCH3 is 1. The maximum absolute atomic E-state index is 11.8. The van der Waals surface area contributed by atoms with Crippen molar-refractivity contribution in [1.82, 2.24) is 10.2 Å². The van der Waals surface area contributed by atoms with Crippen LogP contribution in [0.3, 0.4) is 0 Å². The fourth-order valence-corrected chi connectivity index (χ4v) is 2.40. The zero-order valence-electron chi connectivity index (χ0n) is 11.9. The molecule has 1 aromatic rings. The average molecular weight is 416 g/mol. The number of nitrogens with one attached hydrogen (secondary N) is 1. The number of imide groups is 1. The molecular formula is C14H13IN2O5. The number of carbonyl (C=O) groups excluding carboxylic acids is 3. The highest BCUT2D eigenvalue weighted by Gasteiger charge is 2.29. The number of urea groups is 1. The van der Waals surface area contributed by atoms with Crippen molar-refractivity contribution in [3.63, 3.8) is 0 Å². The third-order valence-electron chi connectivity index (χ3n) is 2.92. The molecule has 1 aliphatic rings. The van der Waals surface area contributed by atoms with Gasteiger partial charge in [-0.3, -0.25) is 9.69 Å². The van der Waals surface area contributed by atoms with Crippen molar-refractivity contribution in [2.45, 2.75) is 0 Å². The van der Waals surface area contributed by atoms with Crippen LogP contribution in [0.25, 0.3) is 6.08 Å². The summed E-state index contributed by atoms with van der Waals surface area (Å²) in [5.41, 5.74) is 0.945. The Morgan fingerprint density at radius 1 is 1.41 bits per heavy atom. The monoisotopic (exact) mass is 416 g/mol. The van der Waals surface area contributed by atoms with Crippen molar-refractivity contribution in [1.29, 1.82) is 0 Å². The summed E-state index contributed by atoms with van der Waals surface area (Å²) in [6, 6.07) is 4.73. The van der Waals surface area contributed by atoms with Gasteiger partial charge in [0.05, 0.1) is 10.7 Å². The third kappa shape index (κ3) is 3.56. The summed E-state index contributed by atoms with van der Waals surface area (Å²) < 4.78 is 10.6. The molecule has 1 heterocycles. The summed E-state index contributed by atoms with van der Waals surface area (Å²) in [5.74, 6) is -0.317. The van der Waals surface area contributed by atoms with Crippen LogP contribution < -0.4 is 10.1 Å². The topological polar surface area (TPSA) is 84.9 Å². The smallest absolute Gasteiger partial charge is 0.343 e. The fraction of sp³-hybridized carbons (Fsp3) is 0.214. The Morgan fingerprint density at radius 2 is 2.14 bits per heavy atom. The van der Waals surface area contributed by atoms with Gasteiger partial charge in [-0.2, -0.15) is 0 Å². The van der Waals surface area contributed by atoms with Crippen LogP contribution in [0.2, 0.25) is 0 Å². The molecule has 2 rings (SSSR count). The molecule has 7 nitrogen and oxygen atoms in total. The number of ether oxygens (including phenoxy) is 2. The number of halogens is 1. The van der Waals surface area contributed by atoms with Crippen molar-refractivity contribution < 1.29 is 23.9 Å². The number of esters is 1. The van der Waals surface area contributed by atoms with Gasteiger partial charge in [-0.05, 0) is 46.4 Å². The molecule has 0 saturated carbocycles. The second-order valence-corrected chi connectivity index (χ2v) is 5.57. The number of benzene rings is 1. The van der Waals surface area contributed by atoms with Crippen LogP contribution in [-0.2, 0) is 14.3 Å². The van der Waals surface area contributed by atoms with Gasteiger partial charge in [-0.1, -0.05) is 6.07 Å². The van der Waals surface area contributed by atoms with Gasteiger partial charge < -0.3 is 14.8 Å². The van der Waals surface area contributed by atoms with E-state index < -0.39 is 12.0 Å². The highest BCUT2D eigenvalue weighted by molar-refractivity contribution is 14.1. The van der Waals surface area contributed by atoms with Crippen molar-refractivity contribution in [2.75, 3.05) is 20.8 Å². The van der Waals surface area contributed by atoms with E-state index in [2.05, 4.69) is 32.6 Å². The van der Waals surface area contributed by atoms with E-state index in [1.165, 1.54) is 14.2 Å². The van der Waals surface area contributed by atoms with Crippen molar-refractivity contribution in [3.05, 3.63) is 33.0 Å². The zero-order valence-corrected chi connectivity index (χ0v) is 14.0. The summed E-state index contributed by atoms with van der Waals surface area (Å²) in [5, 5.41) is 2.49. The van der Waals surface area contributed by atoms with E-state index in [0.29, 0.717) is 5.75 Å². The molecule has 1 aliphatic heterocycles. The SMILES string of the molecule is COC(=O)COc1ccc(/C=C2/NC(=O)N(C)C2=O)cc1I. The van der Waals surface area contributed by atoms with Gasteiger partial charge in [0, 0.05) is 7.05 Å². The van der Waals surface area contributed by atoms with Crippen LogP contribution in [0.15, 0.2) is 23.9 Å². The lowest BCUT2D eigenvalue weighted by atomic mass is 10.2. The molecule has 0 aliphatic carbocycles. The third-order valence-corrected chi connectivity index (χ3v) is 3.76. The summed E-state index contributed by atoms with van der Waals surface area (Å²) in [6.45, 7) is -0.174. The average Bonchev–Trinajstić information content (AvgIpc) is 2.73. The molecule has 1 saturated heterocycles. The molecule has 0 unspecified atom stereocenters. The molecule has 1 fully saturated rings. The van der Waals surface area contributed by atoms with Gasteiger partial charge in [0.25, 0.3) is 5.91 Å². The molecule has 1 N–H and O–H groups in total. The highest BCUT2D eigenvalue weighted by Crippen LogP contribution is 2.24. The summed E-state index contributed by atoms with van der Waals surface area (Å²) in [4.78, 5) is 35.2. The first-order chi connectivity index (χ1) is 10.4. The molecule has 0 radical (unpaired) electrons. The minimum absolute atomic E-state index is 0.174. The lowest BCUT2D eigenvalue weighted by Gasteiger charge is -2.07. The Kier molecular flexibility index (Phi) is 5.01. The van der Waals surface area contributed by atoms with E-state index in [1.54, 1.807) is 24.3 Å². The van der Waals surface area contributed by atoms with Crippen LogP contribution >= 0.6 is 22.6 Å². The molecule has 0 aromatic heterocycles. The van der Waals surface area contributed by atoms with Crippen LogP contribution in [0.1, 0.15) is 5.56 Å². The number of amides is 3. The van der Waals surface area contributed by atoms with Gasteiger partial charge in [0.1, 0.15) is 11.4 Å². The normalized spacial score (nSPS) is 16.0. The van der Waals surface area contributed by atoms with Gasteiger partial charge in [0.2, 0.25) is 0 Å².